The Labute approximate surface area is 73.3 Å². The van der Waals surface area contributed by atoms with Gasteiger partial charge in [-0.3, -0.25) is 0 Å². The van der Waals surface area contributed by atoms with Crippen LogP contribution in [0.5, 0.6) is 0 Å². The third-order valence-corrected chi connectivity index (χ3v) is 4.11. The fourth-order valence-corrected chi connectivity index (χ4v) is 2.34. The first-order valence-corrected chi connectivity index (χ1v) is 5.66. The van der Waals surface area contributed by atoms with Gasteiger partial charge in [0.1, 0.15) is 0 Å². The molecule has 4 nitrogen and oxygen atoms in total. The van der Waals surface area contributed by atoms with Crippen molar-refractivity contribution in [1.82, 2.24) is 4.72 Å². The van der Waals surface area contributed by atoms with Crippen LogP contribution in [0.1, 0.15) is 19.8 Å². The van der Waals surface area contributed by atoms with Crippen LogP contribution >= 0.6 is 0 Å². The number of rotatable bonds is 3. The molecule has 1 aliphatic heterocycles. The molecule has 0 bridgehead atoms. The number of ether oxygens (including phenoxy) is 1. The van der Waals surface area contributed by atoms with E-state index in [-0.39, 0.29) is 6.10 Å². The number of hydrogen-bond donors (Lipinski definition) is 1. The zero-order valence-electron chi connectivity index (χ0n) is 7.41. The molecular weight excluding hydrogens is 178 g/mol. The second-order valence-electron chi connectivity index (χ2n) is 3.01. The van der Waals surface area contributed by atoms with Crippen molar-refractivity contribution in [2.75, 3.05) is 13.7 Å². The first kappa shape index (κ1) is 9.95. The van der Waals surface area contributed by atoms with E-state index < -0.39 is 15.3 Å². The Hall–Kier alpha value is -0.130. The molecule has 2 atom stereocenters. The van der Waals surface area contributed by atoms with Crippen LogP contribution in [0.2, 0.25) is 0 Å². The van der Waals surface area contributed by atoms with Gasteiger partial charge in [0, 0.05) is 6.61 Å². The van der Waals surface area contributed by atoms with E-state index >= 15 is 0 Å². The minimum absolute atomic E-state index is 0.123. The zero-order valence-corrected chi connectivity index (χ0v) is 8.23. The molecule has 0 aromatic carbocycles. The molecule has 0 aromatic rings. The molecule has 1 fully saturated rings. The fraction of sp³-hybridized carbons (Fsp3) is 1.00. The molecule has 2 unspecified atom stereocenters. The molecule has 0 saturated carbocycles. The normalized spacial score (nSPS) is 27.3. The van der Waals surface area contributed by atoms with Crippen molar-refractivity contribution in [3.8, 4) is 0 Å². The van der Waals surface area contributed by atoms with E-state index in [1.54, 1.807) is 6.92 Å². The van der Waals surface area contributed by atoms with Gasteiger partial charge in [-0.25, -0.2) is 13.1 Å². The Bertz CT molecular complexity index is 231. The predicted molar refractivity (Wildman–Crippen MR) is 46.4 cm³/mol. The van der Waals surface area contributed by atoms with Gasteiger partial charge in [0.15, 0.2) is 0 Å². The van der Waals surface area contributed by atoms with Crippen molar-refractivity contribution in [3.63, 3.8) is 0 Å². The molecule has 1 heterocycles. The molecule has 0 radical (unpaired) electrons. The molecule has 1 N–H and O–H groups in total. The molecule has 0 amide bonds. The van der Waals surface area contributed by atoms with Gasteiger partial charge in [0.05, 0.1) is 11.4 Å². The van der Waals surface area contributed by atoms with E-state index in [0.717, 1.165) is 12.8 Å². The summed E-state index contributed by atoms with van der Waals surface area (Å²) in [4.78, 5) is 0. The van der Waals surface area contributed by atoms with Gasteiger partial charge >= 0.3 is 0 Å². The Balaban J connectivity index is 2.63. The van der Waals surface area contributed by atoms with Crippen LogP contribution in [0.15, 0.2) is 0 Å². The summed E-state index contributed by atoms with van der Waals surface area (Å²) in [5.74, 6) is 0. The minimum atomic E-state index is -3.16. The maximum Gasteiger partial charge on any atom is 0.216 e. The average molecular weight is 193 g/mol. The van der Waals surface area contributed by atoms with Crippen LogP contribution < -0.4 is 4.72 Å². The summed E-state index contributed by atoms with van der Waals surface area (Å²) < 4.78 is 30.2. The van der Waals surface area contributed by atoms with Gasteiger partial charge in [0.2, 0.25) is 10.0 Å². The van der Waals surface area contributed by atoms with E-state index in [9.17, 15) is 8.42 Å². The molecule has 0 aliphatic carbocycles. The molecule has 72 valence electrons. The van der Waals surface area contributed by atoms with Crippen molar-refractivity contribution in [3.05, 3.63) is 0 Å². The molecule has 1 aliphatic rings. The van der Waals surface area contributed by atoms with E-state index in [1.807, 2.05) is 0 Å². The van der Waals surface area contributed by atoms with Gasteiger partial charge in [-0.15, -0.1) is 0 Å². The van der Waals surface area contributed by atoms with Crippen LogP contribution in [0.3, 0.4) is 0 Å². The van der Waals surface area contributed by atoms with Gasteiger partial charge in [-0.2, -0.15) is 0 Å². The average Bonchev–Trinajstić information content (AvgIpc) is 2.55. The lowest BCUT2D eigenvalue weighted by Crippen LogP contribution is -2.37. The van der Waals surface area contributed by atoms with Crippen LogP contribution in [-0.2, 0) is 14.8 Å². The SMILES string of the molecule is CNS(=O)(=O)C(C)C1CCCO1. The zero-order chi connectivity index (χ0) is 9.19. The second-order valence-corrected chi connectivity index (χ2v) is 5.25. The second kappa shape index (κ2) is 3.72. The van der Waals surface area contributed by atoms with E-state index in [2.05, 4.69) is 4.72 Å². The molecular formula is C7H15NO3S. The Kier molecular flexibility index (Phi) is 3.09. The van der Waals surface area contributed by atoms with Crippen LogP contribution in [0.4, 0.5) is 0 Å². The molecule has 5 heteroatoms. The predicted octanol–water partition coefficient (Wildman–Crippen LogP) is 0.103. The van der Waals surface area contributed by atoms with Crippen LogP contribution in [0, 0.1) is 0 Å². The number of sulfonamides is 1. The number of hydrogen-bond acceptors (Lipinski definition) is 3. The quantitative estimate of drug-likeness (QED) is 0.691. The van der Waals surface area contributed by atoms with E-state index in [0.29, 0.717) is 6.61 Å². The van der Waals surface area contributed by atoms with Crippen molar-refractivity contribution < 1.29 is 13.2 Å². The largest absolute Gasteiger partial charge is 0.377 e. The van der Waals surface area contributed by atoms with Crippen LogP contribution in [-0.4, -0.2) is 33.4 Å². The first-order chi connectivity index (χ1) is 5.58. The summed E-state index contributed by atoms with van der Waals surface area (Å²) in [6, 6.07) is 0. The van der Waals surface area contributed by atoms with E-state index in [4.69, 9.17) is 4.74 Å². The van der Waals surface area contributed by atoms with Crippen molar-refractivity contribution >= 4 is 10.0 Å². The smallest absolute Gasteiger partial charge is 0.216 e. The lowest BCUT2D eigenvalue weighted by atomic mass is 10.2. The third-order valence-electron chi connectivity index (χ3n) is 2.26. The summed E-state index contributed by atoms with van der Waals surface area (Å²) in [7, 11) is -1.73. The highest BCUT2D eigenvalue weighted by Gasteiger charge is 2.31. The maximum absolute atomic E-state index is 11.3. The lowest BCUT2D eigenvalue weighted by molar-refractivity contribution is 0.110. The lowest BCUT2D eigenvalue weighted by Gasteiger charge is -2.17. The van der Waals surface area contributed by atoms with Gasteiger partial charge in [0.25, 0.3) is 0 Å². The minimum Gasteiger partial charge on any atom is -0.377 e. The highest BCUT2D eigenvalue weighted by molar-refractivity contribution is 7.90. The summed E-state index contributed by atoms with van der Waals surface area (Å²) in [6.45, 7) is 2.37. The molecule has 1 rings (SSSR count). The Morgan fingerprint density at radius 2 is 2.25 bits per heavy atom. The third kappa shape index (κ3) is 1.97. The summed E-state index contributed by atoms with van der Waals surface area (Å²) >= 11 is 0. The summed E-state index contributed by atoms with van der Waals surface area (Å²) in [5.41, 5.74) is 0. The van der Waals surface area contributed by atoms with Gasteiger partial charge in [-0.1, -0.05) is 0 Å². The Morgan fingerprint density at radius 1 is 1.58 bits per heavy atom. The summed E-state index contributed by atoms with van der Waals surface area (Å²) in [6.07, 6.45) is 1.69. The highest BCUT2D eigenvalue weighted by Crippen LogP contribution is 2.19. The topological polar surface area (TPSA) is 55.4 Å². The molecule has 12 heavy (non-hydrogen) atoms. The molecule has 0 spiro atoms. The van der Waals surface area contributed by atoms with Crippen molar-refractivity contribution in [2.24, 2.45) is 0 Å². The summed E-state index contributed by atoms with van der Waals surface area (Å²) in [5, 5.41) is -0.440. The Morgan fingerprint density at radius 3 is 2.67 bits per heavy atom. The van der Waals surface area contributed by atoms with Crippen LogP contribution in [0.25, 0.3) is 0 Å². The maximum atomic E-state index is 11.3. The number of nitrogens with one attached hydrogen (secondary N) is 1. The highest BCUT2D eigenvalue weighted by atomic mass is 32.2. The van der Waals surface area contributed by atoms with Gasteiger partial charge in [-0.05, 0) is 26.8 Å². The fourth-order valence-electron chi connectivity index (χ4n) is 1.36. The monoisotopic (exact) mass is 193 g/mol. The first-order valence-electron chi connectivity index (χ1n) is 4.12. The standard InChI is InChI=1S/C7H15NO3S/c1-6(12(9,10)8-2)7-4-3-5-11-7/h6-8H,3-5H2,1-2H3. The van der Waals surface area contributed by atoms with E-state index in [1.165, 1.54) is 7.05 Å². The van der Waals surface area contributed by atoms with Gasteiger partial charge < -0.3 is 4.74 Å². The van der Waals surface area contributed by atoms with Crippen molar-refractivity contribution in [1.29, 1.82) is 0 Å². The molecule has 1 saturated heterocycles. The van der Waals surface area contributed by atoms with Crippen molar-refractivity contribution in [2.45, 2.75) is 31.1 Å². The molecule has 0 aromatic heterocycles.